The Hall–Kier alpha value is -12.5. The maximum absolute atomic E-state index is 14.5. The maximum atomic E-state index is 14.5. The highest BCUT2D eigenvalue weighted by atomic mass is 33.1. The van der Waals surface area contributed by atoms with Crippen LogP contribution in [0.1, 0.15) is 96.3 Å². The zero-order valence-electron chi connectivity index (χ0n) is 65.4. The molecular weight excluding hydrogens is 1670 g/mol. The summed E-state index contributed by atoms with van der Waals surface area (Å²) in [7, 11) is 3.13. The molecule has 670 valence electrons. The van der Waals surface area contributed by atoms with Crippen molar-refractivity contribution in [1.29, 1.82) is 0 Å². The number of benzene rings is 2. The van der Waals surface area contributed by atoms with E-state index in [1.807, 2.05) is 0 Å². The van der Waals surface area contributed by atoms with Crippen LogP contribution in [0.25, 0.3) is 22.3 Å². The van der Waals surface area contributed by atoms with Crippen LogP contribution in [0, 0.1) is 0 Å². The number of nitrogens with one attached hydrogen (secondary N) is 12. The zero-order valence-corrected chi connectivity index (χ0v) is 67.0. The topological polar surface area (TPSA) is 828 Å². The fraction of sp³-hybridized carbons (Fsp3) is 0.479. The number of amides is 9. The third-order valence-corrected chi connectivity index (χ3v) is 20.3. The van der Waals surface area contributed by atoms with Crippen molar-refractivity contribution in [3.8, 4) is 0 Å². The van der Waals surface area contributed by atoms with Crippen LogP contribution in [0.15, 0.2) is 65.7 Å². The summed E-state index contributed by atoms with van der Waals surface area (Å²) >= 11 is 0. The number of rotatable bonds is 53. The van der Waals surface area contributed by atoms with Crippen LogP contribution in [-0.4, -0.2) is 320 Å². The first-order chi connectivity index (χ1) is 58.4. The molecule has 14 atom stereocenters. The standard InChI is InChI=1S/C71H96N22O28S2/c1-75-63(112)42(30-123-122-21-20-121-51(105)19-14-41(69(119)120)88-62(111)32-4-6-33(7-5-32)76-22-35-24-80-59-52(82-35)58(72)90-70(73)91-59)89-66(115)38(11-16-48(101)79-27-44(97)55(107)57(109)46(99)29-95)85-65(114)39(13-18-50(103)104)86-64(113)37(10-15-47(100)78-26-43(96)54(106)56(108)45(98)28-94)84-49(102)17-12-40(68(117)118)87-61(110)31-2-8-34(9-3-31)77-23-36-25-81-60-53(83-36)67(116)93-71(74)92-60/h2-9,24-25,37-46,54-57,76-77,94-99,106-109H,10-23,26-30H2,1H3,(H,75,112)(H,78,100)(H,79,101)(H,84,102)(H,85,114)(H,86,113)(H,87,110)(H,88,111)(H,89,115)(H,103,104)(H,117,118)(H,119,120)(H4,72,73,80,90,91)(H3,74,81,92,93,116)/t37-,38-,39-,40-,41-,42-,43-,44-,45+,46+,54+,55+,56+,57+/m0/s1. The second-order valence-electron chi connectivity index (χ2n) is 27.1. The lowest BCUT2D eigenvalue weighted by Crippen LogP contribution is -2.58. The summed E-state index contributed by atoms with van der Waals surface area (Å²) in [5.41, 5.74) is 18.6. The molecule has 31 N–H and O–H groups in total. The number of aromatic nitrogens is 8. The average Bonchev–Trinajstić information content (AvgIpc) is 0.813. The Bertz CT molecular complexity index is 4720. The van der Waals surface area contributed by atoms with Gasteiger partial charge in [0.15, 0.2) is 28.1 Å². The Balaban J connectivity index is 1.10. The summed E-state index contributed by atoms with van der Waals surface area (Å²) in [5, 5.41) is 156. The van der Waals surface area contributed by atoms with Crippen LogP contribution in [-0.2, 0) is 70.6 Å². The SMILES string of the molecule is CNC(=O)[C@H](CSSCCOC(=O)CC[C@H](NC(=O)c1ccc(NCc2cnc3nc(N)nc(N)c3n2)cc1)C(=O)O)NC(=O)[C@H](CCC(=O)NC[C@H](O)[C@@H](O)[C@H](O)[C@H](O)CO)NC(=O)[C@H](CCC(=O)O)NC(=O)[C@H](CCC(=O)NC[C@H](O)[C@@H](O)[C@H](O)[C@H](O)CO)NC(=O)CC[C@H](NC(=O)c1ccc(NCc2cnc3nc(N)[nH]c(=O)c3n2)cc1)C(=O)O. The van der Waals surface area contributed by atoms with Crippen molar-refractivity contribution < 1.29 is 133 Å². The number of H-pyrrole nitrogens is 1. The van der Waals surface area contributed by atoms with Gasteiger partial charge in [-0.3, -0.25) is 62.5 Å². The van der Waals surface area contributed by atoms with Gasteiger partial charge in [0.2, 0.25) is 53.2 Å². The molecule has 9 amide bonds. The van der Waals surface area contributed by atoms with Crippen molar-refractivity contribution >= 4 is 150 Å². The van der Waals surface area contributed by atoms with Gasteiger partial charge in [-0.15, -0.1) is 0 Å². The third-order valence-electron chi connectivity index (χ3n) is 17.9. The van der Waals surface area contributed by atoms with Crippen LogP contribution >= 0.6 is 21.6 Å². The van der Waals surface area contributed by atoms with E-state index in [0.717, 1.165) is 21.6 Å². The van der Waals surface area contributed by atoms with Crippen molar-refractivity contribution in [1.82, 2.24) is 87.7 Å². The summed E-state index contributed by atoms with van der Waals surface area (Å²) in [6.07, 6.45) is -20.8. The van der Waals surface area contributed by atoms with Crippen LogP contribution in [0.3, 0.4) is 0 Å². The molecule has 0 fully saturated rings. The molecule has 123 heavy (non-hydrogen) atoms. The normalized spacial score (nSPS) is 14.7. The van der Waals surface area contributed by atoms with Gasteiger partial charge >= 0.3 is 23.9 Å². The number of nitrogens with zero attached hydrogens (tertiary/aromatic N) is 7. The van der Waals surface area contributed by atoms with Crippen molar-refractivity contribution in [2.75, 3.05) is 79.3 Å². The first-order valence-corrected chi connectivity index (χ1v) is 39.9. The molecule has 4 heterocycles. The first kappa shape index (κ1) is 99.3. The van der Waals surface area contributed by atoms with E-state index in [9.17, 15) is 134 Å². The molecule has 0 saturated heterocycles. The highest BCUT2D eigenvalue weighted by Gasteiger charge is 2.36. The number of aliphatic hydroxyl groups is 10. The number of carbonyl (C=O) groups is 13. The quantitative estimate of drug-likeness (QED) is 0.00958. The molecule has 0 saturated carbocycles. The number of hydrogen-bond acceptors (Lipinski definition) is 39. The van der Waals surface area contributed by atoms with Gasteiger partial charge < -0.3 is 147 Å². The fourth-order valence-corrected chi connectivity index (χ4v) is 13.0. The van der Waals surface area contributed by atoms with Crippen LogP contribution in [0.5, 0.6) is 0 Å². The third kappa shape index (κ3) is 32.4. The maximum Gasteiger partial charge on any atom is 0.326 e. The van der Waals surface area contributed by atoms with E-state index in [2.05, 4.69) is 98.4 Å². The number of nitrogen functional groups attached to an aromatic ring is 3. The molecule has 0 aliphatic heterocycles. The van der Waals surface area contributed by atoms with E-state index in [1.54, 1.807) is 12.1 Å². The Morgan fingerprint density at radius 1 is 0.472 bits per heavy atom. The fourth-order valence-electron chi connectivity index (χ4n) is 11.0. The molecule has 0 unspecified atom stereocenters. The van der Waals surface area contributed by atoms with E-state index in [4.69, 9.17) is 21.9 Å². The van der Waals surface area contributed by atoms with Crippen molar-refractivity contribution in [2.24, 2.45) is 0 Å². The molecule has 52 heteroatoms. The number of carboxylic acids is 3. The monoisotopic (exact) mass is 1770 g/mol. The van der Waals surface area contributed by atoms with Gasteiger partial charge in [0.25, 0.3) is 17.4 Å². The number of likely N-dealkylation sites (N-methyl/N-ethyl adjacent to an activating group) is 1. The summed E-state index contributed by atoms with van der Waals surface area (Å²) < 4.78 is 5.26. The molecule has 0 aliphatic carbocycles. The number of aromatic amines is 1. The largest absolute Gasteiger partial charge is 0.481 e. The molecule has 0 spiro atoms. The second-order valence-corrected chi connectivity index (χ2v) is 29.7. The van der Waals surface area contributed by atoms with Gasteiger partial charge in [-0.25, -0.2) is 29.5 Å². The highest BCUT2D eigenvalue weighted by Crippen LogP contribution is 2.23. The molecule has 6 aromatic rings. The minimum absolute atomic E-state index is 0.00313. The number of carbonyl (C=O) groups excluding carboxylic acids is 10. The van der Waals surface area contributed by atoms with E-state index >= 15 is 0 Å². The van der Waals surface area contributed by atoms with Crippen LogP contribution in [0.4, 0.5) is 29.1 Å². The minimum atomic E-state index is -2.15. The van der Waals surface area contributed by atoms with Gasteiger partial charge in [0.1, 0.15) is 79.5 Å². The van der Waals surface area contributed by atoms with Gasteiger partial charge in [-0.2, -0.15) is 15.0 Å². The predicted octanol–water partition coefficient (Wildman–Crippen LogP) is -8.82. The summed E-state index contributed by atoms with van der Waals surface area (Å²) in [6.45, 7) is -3.85. The van der Waals surface area contributed by atoms with Crippen molar-refractivity contribution in [3.63, 3.8) is 0 Å². The smallest absolute Gasteiger partial charge is 0.326 e. The Kier molecular flexibility index (Phi) is 39.9. The minimum Gasteiger partial charge on any atom is -0.481 e. The Labute approximate surface area is 703 Å². The number of anilines is 5. The number of ether oxygens (including phenoxy) is 1. The van der Waals surface area contributed by atoms with Crippen molar-refractivity contribution in [2.45, 2.75) is 162 Å². The lowest BCUT2D eigenvalue weighted by molar-refractivity contribution is -0.144. The first-order valence-electron chi connectivity index (χ1n) is 37.4. The molecular formula is C71H96N22O28S2. The van der Waals surface area contributed by atoms with Gasteiger partial charge in [0.05, 0.1) is 62.3 Å². The number of aliphatic hydroxyl groups excluding tert-OH is 10. The zero-order chi connectivity index (χ0) is 90.7. The van der Waals surface area contributed by atoms with Gasteiger partial charge in [-0.1, -0.05) is 21.6 Å². The Morgan fingerprint density at radius 2 is 0.894 bits per heavy atom. The number of nitrogens with two attached hydrogens (primary N) is 3. The molecule has 0 radical (unpaired) electrons. The molecule has 0 bridgehead atoms. The average molecular weight is 1770 g/mol. The molecule has 2 aromatic carbocycles. The lowest BCUT2D eigenvalue weighted by Gasteiger charge is -2.27. The summed E-state index contributed by atoms with van der Waals surface area (Å²) in [4.78, 5) is 217. The Morgan fingerprint density at radius 3 is 1.36 bits per heavy atom. The van der Waals surface area contributed by atoms with E-state index < -0.39 is 258 Å². The second kappa shape index (κ2) is 49.4. The summed E-state index contributed by atoms with van der Waals surface area (Å²) in [5.74, 6) is -15.8. The van der Waals surface area contributed by atoms with E-state index in [0.29, 0.717) is 22.8 Å². The number of aliphatic carboxylic acids is 3. The molecule has 50 nitrogen and oxygen atoms in total. The van der Waals surface area contributed by atoms with E-state index in [1.165, 1.54) is 55.8 Å². The number of hydrogen-bond donors (Lipinski definition) is 28. The predicted molar refractivity (Wildman–Crippen MR) is 431 cm³/mol. The molecule has 6 rings (SSSR count). The van der Waals surface area contributed by atoms with Gasteiger partial charge in [-0.05, 0) is 80.6 Å². The number of carboxylic acid groups (broad SMARTS) is 3. The molecule has 0 aliphatic rings. The lowest BCUT2D eigenvalue weighted by atomic mass is 10.0. The number of fused-ring (bicyclic) bond motifs is 2. The highest BCUT2D eigenvalue weighted by molar-refractivity contribution is 8.76. The van der Waals surface area contributed by atoms with Crippen molar-refractivity contribution in [3.05, 3.63) is 93.8 Å². The number of esters is 1. The summed E-state index contributed by atoms with van der Waals surface area (Å²) in [6, 6.07) is 0.662. The van der Waals surface area contributed by atoms with Gasteiger partial charge in [0, 0.05) is 86.2 Å². The van der Waals surface area contributed by atoms with Crippen LogP contribution in [0.2, 0.25) is 0 Å². The molecule has 4 aromatic heterocycles. The van der Waals surface area contributed by atoms with E-state index in [-0.39, 0.29) is 82.4 Å². The van der Waals surface area contributed by atoms with Crippen LogP contribution < -0.4 is 81.2 Å².